The van der Waals surface area contributed by atoms with Crippen LogP contribution in [0, 0.1) is 5.82 Å². The number of rotatable bonds is 5. The zero-order valence-electron chi connectivity index (χ0n) is 7.93. The molecule has 14 heavy (non-hydrogen) atoms. The minimum absolute atomic E-state index is 0.257. The van der Waals surface area contributed by atoms with Crippen molar-refractivity contribution in [1.29, 1.82) is 0 Å². The summed E-state index contributed by atoms with van der Waals surface area (Å²) in [5, 5.41) is 0. The van der Waals surface area contributed by atoms with Gasteiger partial charge in [0.25, 0.3) is 0 Å². The van der Waals surface area contributed by atoms with Crippen molar-refractivity contribution >= 4 is 15.9 Å². The highest BCUT2D eigenvalue weighted by atomic mass is 79.9. The van der Waals surface area contributed by atoms with Crippen molar-refractivity contribution in [3.8, 4) is 5.75 Å². The van der Waals surface area contributed by atoms with E-state index in [1.807, 2.05) is 6.92 Å². The highest BCUT2D eigenvalue weighted by molar-refractivity contribution is 9.10. The van der Waals surface area contributed by atoms with E-state index in [0.29, 0.717) is 24.3 Å². The molecule has 0 amide bonds. The Balaban J connectivity index is 2.42. The first-order valence-corrected chi connectivity index (χ1v) is 5.19. The second kappa shape index (κ2) is 5.98. The minimum atomic E-state index is -0.365. The Morgan fingerprint density at radius 2 is 2.14 bits per heavy atom. The molecule has 0 heterocycles. The Hall–Kier alpha value is -0.610. The molecule has 0 N–H and O–H groups in total. The summed E-state index contributed by atoms with van der Waals surface area (Å²) < 4.78 is 24.1. The Kier molecular flexibility index (Phi) is 4.90. The lowest BCUT2D eigenvalue weighted by Crippen LogP contribution is -2.07. The lowest BCUT2D eigenvalue weighted by Gasteiger charge is -2.06. The standard InChI is InChI=1S/C10H12BrFO2/c1-2-13-5-6-14-10-4-3-8(11)7-9(10)12/h3-4,7H,2,5-6H2,1H3. The molecule has 0 spiro atoms. The fraction of sp³-hybridized carbons (Fsp3) is 0.400. The summed E-state index contributed by atoms with van der Waals surface area (Å²) >= 11 is 3.17. The van der Waals surface area contributed by atoms with Gasteiger partial charge in [-0.2, -0.15) is 0 Å². The molecule has 0 aliphatic heterocycles. The normalized spacial score (nSPS) is 10.2. The third-order valence-corrected chi connectivity index (χ3v) is 2.08. The summed E-state index contributed by atoms with van der Waals surface area (Å²) in [5.41, 5.74) is 0. The van der Waals surface area contributed by atoms with E-state index in [2.05, 4.69) is 15.9 Å². The van der Waals surface area contributed by atoms with Crippen LogP contribution in [0.4, 0.5) is 4.39 Å². The molecule has 0 unspecified atom stereocenters. The second-order valence-corrected chi connectivity index (χ2v) is 3.54. The molecule has 1 aromatic carbocycles. The number of ether oxygens (including phenoxy) is 2. The van der Waals surface area contributed by atoms with E-state index in [9.17, 15) is 4.39 Å². The van der Waals surface area contributed by atoms with Crippen LogP contribution < -0.4 is 4.74 Å². The minimum Gasteiger partial charge on any atom is -0.488 e. The summed E-state index contributed by atoms with van der Waals surface area (Å²) in [7, 11) is 0. The van der Waals surface area contributed by atoms with Crippen LogP contribution in [0.2, 0.25) is 0 Å². The van der Waals surface area contributed by atoms with Crippen LogP contribution in [0.1, 0.15) is 6.92 Å². The van der Waals surface area contributed by atoms with E-state index < -0.39 is 0 Å². The Labute approximate surface area is 91.2 Å². The largest absolute Gasteiger partial charge is 0.488 e. The van der Waals surface area contributed by atoms with Gasteiger partial charge in [-0.1, -0.05) is 15.9 Å². The Morgan fingerprint density at radius 1 is 1.36 bits per heavy atom. The smallest absolute Gasteiger partial charge is 0.166 e. The maximum atomic E-state index is 13.2. The molecule has 78 valence electrons. The summed E-state index contributed by atoms with van der Waals surface area (Å²) in [4.78, 5) is 0. The van der Waals surface area contributed by atoms with Crippen LogP contribution >= 0.6 is 15.9 Å². The number of hydrogen-bond acceptors (Lipinski definition) is 2. The Morgan fingerprint density at radius 3 is 2.79 bits per heavy atom. The lowest BCUT2D eigenvalue weighted by molar-refractivity contribution is 0.108. The average molecular weight is 263 g/mol. The molecule has 0 aliphatic carbocycles. The number of benzene rings is 1. The summed E-state index contributed by atoms with van der Waals surface area (Å²) in [6.07, 6.45) is 0. The van der Waals surface area contributed by atoms with E-state index in [-0.39, 0.29) is 11.6 Å². The molecule has 0 atom stereocenters. The van der Waals surface area contributed by atoms with Gasteiger partial charge in [0.15, 0.2) is 11.6 Å². The SMILES string of the molecule is CCOCCOc1ccc(Br)cc1F. The zero-order valence-corrected chi connectivity index (χ0v) is 9.51. The molecule has 1 rings (SSSR count). The molecule has 0 saturated heterocycles. The van der Waals surface area contributed by atoms with Gasteiger partial charge < -0.3 is 9.47 Å². The second-order valence-electron chi connectivity index (χ2n) is 2.62. The monoisotopic (exact) mass is 262 g/mol. The molecule has 2 nitrogen and oxygen atoms in total. The maximum Gasteiger partial charge on any atom is 0.166 e. The van der Waals surface area contributed by atoms with Gasteiger partial charge in [-0.15, -0.1) is 0 Å². The lowest BCUT2D eigenvalue weighted by atomic mass is 10.3. The van der Waals surface area contributed by atoms with E-state index in [1.54, 1.807) is 12.1 Å². The van der Waals surface area contributed by atoms with Gasteiger partial charge >= 0.3 is 0 Å². The zero-order chi connectivity index (χ0) is 10.4. The van der Waals surface area contributed by atoms with Crippen LogP contribution in [-0.2, 0) is 4.74 Å². The van der Waals surface area contributed by atoms with Crippen LogP contribution in [-0.4, -0.2) is 19.8 Å². The molecule has 1 aromatic rings. The molecule has 0 saturated carbocycles. The molecule has 0 bridgehead atoms. The summed E-state index contributed by atoms with van der Waals surface area (Å²) in [5.74, 6) is -0.108. The van der Waals surface area contributed by atoms with E-state index >= 15 is 0 Å². The van der Waals surface area contributed by atoms with Crippen molar-refractivity contribution in [3.05, 3.63) is 28.5 Å². The third kappa shape index (κ3) is 3.64. The van der Waals surface area contributed by atoms with E-state index in [1.165, 1.54) is 6.07 Å². The maximum absolute atomic E-state index is 13.2. The molecule has 0 fully saturated rings. The van der Waals surface area contributed by atoms with E-state index in [4.69, 9.17) is 9.47 Å². The number of hydrogen-bond donors (Lipinski definition) is 0. The van der Waals surface area contributed by atoms with Crippen LogP contribution in [0.5, 0.6) is 5.75 Å². The predicted molar refractivity (Wildman–Crippen MR) is 56.1 cm³/mol. The first-order valence-electron chi connectivity index (χ1n) is 4.39. The highest BCUT2D eigenvalue weighted by Crippen LogP contribution is 2.21. The van der Waals surface area contributed by atoms with Gasteiger partial charge in [-0.05, 0) is 25.1 Å². The van der Waals surface area contributed by atoms with Crippen molar-refractivity contribution < 1.29 is 13.9 Å². The van der Waals surface area contributed by atoms with Crippen LogP contribution in [0.25, 0.3) is 0 Å². The first-order chi connectivity index (χ1) is 6.74. The predicted octanol–water partition coefficient (Wildman–Crippen LogP) is 3.00. The topological polar surface area (TPSA) is 18.5 Å². The van der Waals surface area contributed by atoms with Gasteiger partial charge in [-0.25, -0.2) is 4.39 Å². The average Bonchev–Trinajstić information content (AvgIpc) is 2.15. The van der Waals surface area contributed by atoms with Gasteiger partial charge in [0.05, 0.1) is 6.61 Å². The van der Waals surface area contributed by atoms with Gasteiger partial charge in [0.1, 0.15) is 6.61 Å². The molecule has 0 radical (unpaired) electrons. The van der Waals surface area contributed by atoms with Crippen molar-refractivity contribution in [2.45, 2.75) is 6.92 Å². The van der Waals surface area contributed by atoms with Crippen LogP contribution in [0.3, 0.4) is 0 Å². The molecular weight excluding hydrogens is 251 g/mol. The van der Waals surface area contributed by atoms with Crippen LogP contribution in [0.15, 0.2) is 22.7 Å². The fourth-order valence-corrected chi connectivity index (χ4v) is 1.28. The van der Waals surface area contributed by atoms with Crippen molar-refractivity contribution in [2.75, 3.05) is 19.8 Å². The molecule has 4 heteroatoms. The van der Waals surface area contributed by atoms with Crippen molar-refractivity contribution in [1.82, 2.24) is 0 Å². The Bertz CT molecular complexity index is 291. The van der Waals surface area contributed by atoms with Gasteiger partial charge in [-0.3, -0.25) is 0 Å². The third-order valence-electron chi connectivity index (χ3n) is 1.58. The fourth-order valence-electron chi connectivity index (χ4n) is 0.947. The number of halogens is 2. The molecule has 0 aliphatic rings. The first kappa shape index (κ1) is 11.5. The van der Waals surface area contributed by atoms with Gasteiger partial charge in [0, 0.05) is 11.1 Å². The van der Waals surface area contributed by atoms with E-state index in [0.717, 1.165) is 0 Å². The molecular formula is C10H12BrFO2. The molecule has 0 aromatic heterocycles. The van der Waals surface area contributed by atoms with Crippen molar-refractivity contribution in [2.24, 2.45) is 0 Å². The van der Waals surface area contributed by atoms with Crippen molar-refractivity contribution in [3.63, 3.8) is 0 Å². The summed E-state index contributed by atoms with van der Waals surface area (Å²) in [6, 6.07) is 4.69. The van der Waals surface area contributed by atoms with Gasteiger partial charge in [0.2, 0.25) is 0 Å². The highest BCUT2D eigenvalue weighted by Gasteiger charge is 2.02. The summed E-state index contributed by atoms with van der Waals surface area (Å²) in [6.45, 7) is 3.39. The quantitative estimate of drug-likeness (QED) is 0.760.